The van der Waals surface area contributed by atoms with E-state index in [0.29, 0.717) is 17.0 Å². The average Bonchev–Trinajstić information content (AvgIpc) is 2.52. The van der Waals surface area contributed by atoms with Crippen molar-refractivity contribution in [1.29, 1.82) is 0 Å². The van der Waals surface area contributed by atoms with Crippen LogP contribution < -0.4 is 5.73 Å². The Labute approximate surface area is 150 Å². The number of hydrogen-bond acceptors (Lipinski definition) is 3. The molecule has 0 aromatic heterocycles. The maximum atomic E-state index is 13.7. The first-order valence-corrected chi connectivity index (χ1v) is 8.28. The summed E-state index contributed by atoms with van der Waals surface area (Å²) in [5, 5.41) is 0.381. The smallest absolute Gasteiger partial charge is 0.429 e. The molecular formula is C18H20ClF3N2O. The van der Waals surface area contributed by atoms with Crippen LogP contribution in [-0.2, 0) is 4.74 Å². The average molecular weight is 373 g/mol. The van der Waals surface area contributed by atoms with Crippen molar-refractivity contribution in [3.63, 3.8) is 0 Å². The van der Waals surface area contributed by atoms with Crippen LogP contribution in [0.5, 0.6) is 0 Å². The van der Waals surface area contributed by atoms with Gasteiger partial charge in [-0.15, -0.1) is 0 Å². The molecule has 0 saturated heterocycles. The molecule has 0 aliphatic heterocycles. The second kappa shape index (κ2) is 7.95. The SMILES string of the molecule is C=C(N)N=C(C)O[C@H](c1ccc(Cl)cc1C1=CCCCC1)C(F)(F)F. The minimum Gasteiger partial charge on any atom is -0.463 e. The van der Waals surface area contributed by atoms with Gasteiger partial charge in [0.05, 0.1) is 0 Å². The highest BCUT2D eigenvalue weighted by Crippen LogP contribution is 2.41. The summed E-state index contributed by atoms with van der Waals surface area (Å²) < 4.78 is 46.1. The molecule has 0 spiro atoms. The van der Waals surface area contributed by atoms with E-state index in [1.165, 1.54) is 19.1 Å². The number of halogens is 4. The molecule has 2 rings (SSSR count). The van der Waals surface area contributed by atoms with Crippen molar-refractivity contribution in [2.45, 2.75) is 44.9 Å². The fourth-order valence-corrected chi connectivity index (χ4v) is 3.00. The minimum absolute atomic E-state index is 0.0160. The maximum Gasteiger partial charge on any atom is 0.429 e. The number of ether oxygens (including phenoxy) is 1. The van der Waals surface area contributed by atoms with Crippen molar-refractivity contribution >= 4 is 23.1 Å². The van der Waals surface area contributed by atoms with E-state index < -0.39 is 12.3 Å². The molecule has 0 heterocycles. The van der Waals surface area contributed by atoms with Gasteiger partial charge in [-0.2, -0.15) is 13.2 Å². The molecule has 0 fully saturated rings. The van der Waals surface area contributed by atoms with E-state index in [0.717, 1.165) is 24.8 Å². The Hall–Kier alpha value is -1.95. The molecule has 1 aromatic carbocycles. The van der Waals surface area contributed by atoms with Crippen LogP contribution in [0.15, 0.2) is 41.7 Å². The van der Waals surface area contributed by atoms with Crippen molar-refractivity contribution < 1.29 is 17.9 Å². The Kier molecular flexibility index (Phi) is 6.16. The highest BCUT2D eigenvalue weighted by molar-refractivity contribution is 6.30. The third kappa shape index (κ3) is 5.26. The summed E-state index contributed by atoms with van der Waals surface area (Å²) in [5.41, 5.74) is 6.66. The van der Waals surface area contributed by atoms with Crippen molar-refractivity contribution in [2.75, 3.05) is 0 Å². The van der Waals surface area contributed by atoms with Crippen LogP contribution in [0.25, 0.3) is 5.57 Å². The van der Waals surface area contributed by atoms with Gasteiger partial charge in [-0.3, -0.25) is 0 Å². The summed E-state index contributed by atoms with van der Waals surface area (Å²) >= 11 is 6.03. The van der Waals surface area contributed by atoms with Crippen molar-refractivity contribution in [1.82, 2.24) is 0 Å². The van der Waals surface area contributed by atoms with E-state index in [4.69, 9.17) is 22.1 Å². The first-order chi connectivity index (χ1) is 11.7. The van der Waals surface area contributed by atoms with E-state index in [9.17, 15) is 13.2 Å². The van der Waals surface area contributed by atoms with Gasteiger partial charge in [0.15, 0.2) is 5.90 Å². The fourth-order valence-electron chi connectivity index (χ4n) is 2.82. The topological polar surface area (TPSA) is 47.6 Å². The summed E-state index contributed by atoms with van der Waals surface area (Å²) in [6.07, 6.45) is -1.30. The predicted molar refractivity (Wildman–Crippen MR) is 94.2 cm³/mol. The molecular weight excluding hydrogens is 353 g/mol. The van der Waals surface area contributed by atoms with E-state index in [-0.39, 0.29) is 17.3 Å². The largest absolute Gasteiger partial charge is 0.463 e. The number of benzene rings is 1. The van der Waals surface area contributed by atoms with Crippen LogP contribution in [0.2, 0.25) is 5.02 Å². The molecule has 0 radical (unpaired) electrons. The van der Waals surface area contributed by atoms with Gasteiger partial charge in [0.25, 0.3) is 0 Å². The monoisotopic (exact) mass is 372 g/mol. The van der Waals surface area contributed by atoms with Gasteiger partial charge in [-0.25, -0.2) is 4.99 Å². The molecule has 1 aromatic rings. The highest BCUT2D eigenvalue weighted by Gasteiger charge is 2.44. The maximum absolute atomic E-state index is 13.7. The third-order valence-electron chi connectivity index (χ3n) is 3.82. The van der Waals surface area contributed by atoms with Gasteiger partial charge < -0.3 is 10.5 Å². The molecule has 0 unspecified atom stereocenters. The number of hydrogen-bond donors (Lipinski definition) is 1. The lowest BCUT2D eigenvalue weighted by molar-refractivity contribution is -0.201. The fraction of sp³-hybridized carbons (Fsp3) is 0.389. The first kappa shape index (κ1) is 19.4. The summed E-state index contributed by atoms with van der Waals surface area (Å²) in [5.74, 6) is -0.321. The van der Waals surface area contributed by atoms with E-state index in [1.54, 1.807) is 6.07 Å². The lowest BCUT2D eigenvalue weighted by Crippen LogP contribution is -2.26. The zero-order valence-electron chi connectivity index (χ0n) is 13.9. The van der Waals surface area contributed by atoms with Gasteiger partial charge in [-0.05, 0) is 49.0 Å². The van der Waals surface area contributed by atoms with Crippen LogP contribution in [-0.4, -0.2) is 12.1 Å². The zero-order chi connectivity index (χ0) is 18.6. The van der Waals surface area contributed by atoms with E-state index in [2.05, 4.69) is 11.6 Å². The molecule has 1 aliphatic carbocycles. The number of rotatable bonds is 4. The molecule has 25 heavy (non-hydrogen) atoms. The van der Waals surface area contributed by atoms with Gasteiger partial charge in [0.2, 0.25) is 6.10 Å². The molecule has 0 saturated carbocycles. The number of nitrogens with zero attached hydrogens (tertiary/aromatic N) is 1. The molecule has 1 aliphatic rings. The predicted octanol–water partition coefficient (Wildman–Crippen LogP) is 5.77. The Morgan fingerprint density at radius 2 is 2.08 bits per heavy atom. The highest BCUT2D eigenvalue weighted by atomic mass is 35.5. The van der Waals surface area contributed by atoms with Crippen LogP contribution in [0, 0.1) is 0 Å². The Morgan fingerprint density at radius 3 is 2.64 bits per heavy atom. The standard InChI is InChI=1S/C18H20ClF3N2O/c1-11(23)24-12(2)25-17(18(20,21)22)15-9-8-14(19)10-16(15)13-6-4-3-5-7-13/h6,8-10,17H,1,3-5,7,23H2,2H3/t17-/m1/s1. The van der Waals surface area contributed by atoms with Gasteiger partial charge in [0.1, 0.15) is 5.82 Å². The Morgan fingerprint density at radius 1 is 1.36 bits per heavy atom. The lowest BCUT2D eigenvalue weighted by Gasteiger charge is -2.26. The van der Waals surface area contributed by atoms with Gasteiger partial charge in [0, 0.05) is 17.5 Å². The summed E-state index contributed by atoms with van der Waals surface area (Å²) in [4.78, 5) is 3.65. The number of aliphatic imine (C=N–C) groups is 1. The Bertz CT molecular complexity index is 711. The second-order valence-corrected chi connectivity index (χ2v) is 6.30. The van der Waals surface area contributed by atoms with Crippen LogP contribution in [0.1, 0.15) is 49.8 Å². The molecule has 7 heteroatoms. The van der Waals surface area contributed by atoms with Crippen LogP contribution in [0.3, 0.4) is 0 Å². The second-order valence-electron chi connectivity index (χ2n) is 5.87. The van der Waals surface area contributed by atoms with Crippen LogP contribution >= 0.6 is 11.6 Å². The van der Waals surface area contributed by atoms with E-state index >= 15 is 0 Å². The van der Waals surface area contributed by atoms with Crippen LogP contribution in [0.4, 0.5) is 13.2 Å². The molecule has 3 nitrogen and oxygen atoms in total. The summed E-state index contributed by atoms with van der Waals surface area (Å²) in [6.45, 7) is 4.65. The van der Waals surface area contributed by atoms with Gasteiger partial charge >= 0.3 is 6.18 Å². The van der Waals surface area contributed by atoms with Gasteiger partial charge in [-0.1, -0.05) is 30.3 Å². The minimum atomic E-state index is -4.62. The summed E-state index contributed by atoms with van der Waals surface area (Å²) in [7, 11) is 0. The Balaban J connectivity index is 2.50. The number of allylic oxidation sites excluding steroid dienone is 2. The molecule has 136 valence electrons. The third-order valence-corrected chi connectivity index (χ3v) is 4.06. The van der Waals surface area contributed by atoms with Crippen molar-refractivity contribution in [2.24, 2.45) is 10.7 Å². The van der Waals surface area contributed by atoms with E-state index in [1.807, 2.05) is 6.08 Å². The quantitative estimate of drug-likeness (QED) is 0.539. The molecule has 1 atom stereocenters. The molecule has 2 N–H and O–H groups in total. The molecule has 0 amide bonds. The number of alkyl halides is 3. The zero-order valence-corrected chi connectivity index (χ0v) is 14.6. The summed E-state index contributed by atoms with van der Waals surface area (Å²) in [6, 6.07) is 4.35. The normalized spacial score (nSPS) is 17.0. The number of nitrogens with two attached hydrogens (primary N) is 1. The van der Waals surface area contributed by atoms with Crippen molar-refractivity contribution in [3.05, 3.63) is 52.8 Å². The van der Waals surface area contributed by atoms with Crippen molar-refractivity contribution in [3.8, 4) is 0 Å². The lowest BCUT2D eigenvalue weighted by atomic mass is 9.89. The molecule has 0 bridgehead atoms. The first-order valence-electron chi connectivity index (χ1n) is 7.90.